The van der Waals surface area contributed by atoms with Crippen molar-refractivity contribution >= 4 is 34.8 Å². The molecule has 2 aromatic rings. The van der Waals surface area contributed by atoms with Crippen LogP contribution < -0.4 is 5.32 Å². The second kappa shape index (κ2) is 5.77. The lowest BCUT2D eigenvalue weighted by atomic mass is 10.1. The molecule has 0 fully saturated rings. The molecule has 0 bridgehead atoms. The quantitative estimate of drug-likeness (QED) is 0.854. The zero-order valence-corrected chi connectivity index (χ0v) is 12.8. The molecule has 0 aromatic carbocycles. The van der Waals surface area contributed by atoms with Gasteiger partial charge in [0.1, 0.15) is 10.8 Å². The van der Waals surface area contributed by atoms with Gasteiger partial charge in [0.25, 0.3) is 5.91 Å². The Bertz CT molecular complexity index is 663. The van der Waals surface area contributed by atoms with E-state index in [0.29, 0.717) is 5.69 Å². The first-order valence-corrected chi connectivity index (χ1v) is 6.72. The monoisotopic (exact) mass is 309 g/mol. The van der Waals surface area contributed by atoms with Gasteiger partial charge in [-0.15, -0.1) is 0 Å². The summed E-state index contributed by atoms with van der Waals surface area (Å²) in [6.45, 7) is 5.65. The van der Waals surface area contributed by atoms with Crippen LogP contribution in [0.1, 0.15) is 27.4 Å². The number of halogens is 2. The summed E-state index contributed by atoms with van der Waals surface area (Å²) >= 11 is 11.7. The highest BCUT2D eigenvalue weighted by atomic mass is 35.5. The number of pyridine rings is 2. The number of aromatic nitrogens is 2. The fourth-order valence-electron chi connectivity index (χ4n) is 1.96. The molecule has 0 aliphatic carbocycles. The number of nitrogens with one attached hydrogen (secondary N) is 1. The summed E-state index contributed by atoms with van der Waals surface area (Å²) in [5.74, 6) is -0.408. The fraction of sp³-hybridized carbons (Fsp3) is 0.214. The third-order valence-corrected chi connectivity index (χ3v) is 3.31. The van der Waals surface area contributed by atoms with Crippen LogP contribution in [0.25, 0.3) is 0 Å². The van der Waals surface area contributed by atoms with Crippen LogP contribution in [0.5, 0.6) is 0 Å². The predicted molar refractivity (Wildman–Crippen MR) is 80.7 cm³/mol. The van der Waals surface area contributed by atoms with E-state index in [9.17, 15) is 4.79 Å². The second-order valence-corrected chi connectivity index (χ2v) is 5.25. The maximum absolute atomic E-state index is 12.2. The van der Waals surface area contributed by atoms with Crippen LogP contribution in [0.3, 0.4) is 0 Å². The first kappa shape index (κ1) is 14.8. The molecule has 0 radical (unpaired) electrons. The molecule has 0 atom stereocenters. The minimum Gasteiger partial charge on any atom is -0.319 e. The molecule has 0 spiro atoms. The van der Waals surface area contributed by atoms with Gasteiger partial charge in [-0.2, -0.15) is 0 Å². The number of nitrogens with zero attached hydrogens (tertiary/aromatic N) is 2. The van der Waals surface area contributed by atoms with Crippen molar-refractivity contribution in [3.63, 3.8) is 0 Å². The van der Waals surface area contributed by atoms with Crippen molar-refractivity contribution in [3.05, 3.63) is 51.0 Å². The van der Waals surface area contributed by atoms with Crippen molar-refractivity contribution in [2.45, 2.75) is 20.8 Å². The van der Waals surface area contributed by atoms with Gasteiger partial charge in [-0.1, -0.05) is 23.2 Å². The molecule has 2 heterocycles. The van der Waals surface area contributed by atoms with Crippen LogP contribution in [0, 0.1) is 20.8 Å². The first-order chi connectivity index (χ1) is 9.38. The number of anilines is 1. The number of hydrogen-bond acceptors (Lipinski definition) is 3. The maximum Gasteiger partial charge on any atom is 0.275 e. The highest BCUT2D eigenvalue weighted by Gasteiger charge is 2.15. The van der Waals surface area contributed by atoms with Crippen molar-refractivity contribution < 1.29 is 4.79 Å². The molecule has 0 saturated heterocycles. The molecule has 4 nitrogen and oxygen atoms in total. The van der Waals surface area contributed by atoms with Gasteiger partial charge in [0.15, 0.2) is 0 Å². The number of carbonyl (C=O) groups excluding carboxylic acids is 1. The fourth-order valence-corrected chi connectivity index (χ4v) is 2.30. The molecule has 6 heteroatoms. The molecule has 1 N–H and O–H groups in total. The molecule has 0 aliphatic heterocycles. The number of aryl methyl sites for hydroxylation is 3. The van der Waals surface area contributed by atoms with Crippen molar-refractivity contribution in [1.29, 1.82) is 0 Å². The van der Waals surface area contributed by atoms with Crippen LogP contribution in [-0.2, 0) is 0 Å². The minimum absolute atomic E-state index is 0.0959. The molecule has 2 aromatic heterocycles. The van der Waals surface area contributed by atoms with Crippen LogP contribution in [0.15, 0.2) is 18.2 Å². The standard InChI is InChI=1S/C14H13Cl2N3O/c1-7-6-8(2)17-9(3)12(7)19-14(20)13-10(15)4-5-11(16)18-13/h4-6H,1-3H3,(H,19,20). The summed E-state index contributed by atoms with van der Waals surface area (Å²) in [6.07, 6.45) is 0. The van der Waals surface area contributed by atoms with Crippen LogP contribution in [-0.4, -0.2) is 15.9 Å². The normalized spacial score (nSPS) is 10.4. The van der Waals surface area contributed by atoms with E-state index in [1.165, 1.54) is 6.07 Å². The molecule has 20 heavy (non-hydrogen) atoms. The first-order valence-electron chi connectivity index (χ1n) is 5.96. The van der Waals surface area contributed by atoms with Crippen molar-refractivity contribution in [2.75, 3.05) is 5.32 Å². The molecular weight excluding hydrogens is 297 g/mol. The van der Waals surface area contributed by atoms with Gasteiger partial charge in [0.2, 0.25) is 0 Å². The largest absolute Gasteiger partial charge is 0.319 e. The average Bonchev–Trinajstić information content (AvgIpc) is 2.36. The molecule has 1 amide bonds. The van der Waals surface area contributed by atoms with Gasteiger partial charge >= 0.3 is 0 Å². The second-order valence-electron chi connectivity index (χ2n) is 4.46. The van der Waals surface area contributed by atoms with E-state index in [1.54, 1.807) is 6.07 Å². The van der Waals surface area contributed by atoms with Gasteiger partial charge in [0, 0.05) is 5.69 Å². The van der Waals surface area contributed by atoms with Gasteiger partial charge in [-0.05, 0) is 44.5 Å². The van der Waals surface area contributed by atoms with Gasteiger partial charge in [0.05, 0.1) is 16.4 Å². The van der Waals surface area contributed by atoms with E-state index in [2.05, 4.69) is 15.3 Å². The zero-order chi connectivity index (χ0) is 14.9. The number of carbonyl (C=O) groups is 1. The van der Waals surface area contributed by atoms with Crippen LogP contribution in [0.2, 0.25) is 10.2 Å². The van der Waals surface area contributed by atoms with E-state index >= 15 is 0 Å². The summed E-state index contributed by atoms with van der Waals surface area (Å²) in [7, 11) is 0. The Morgan fingerprint density at radius 1 is 1.15 bits per heavy atom. The molecule has 104 valence electrons. The topological polar surface area (TPSA) is 54.9 Å². The van der Waals surface area contributed by atoms with E-state index in [-0.39, 0.29) is 15.9 Å². The lowest BCUT2D eigenvalue weighted by Crippen LogP contribution is -2.16. The minimum atomic E-state index is -0.408. The van der Waals surface area contributed by atoms with Gasteiger partial charge in [-0.3, -0.25) is 9.78 Å². The van der Waals surface area contributed by atoms with Crippen molar-refractivity contribution in [1.82, 2.24) is 9.97 Å². The van der Waals surface area contributed by atoms with Gasteiger partial charge < -0.3 is 5.32 Å². The Balaban J connectivity index is 2.35. The lowest BCUT2D eigenvalue weighted by molar-refractivity contribution is 0.102. The highest BCUT2D eigenvalue weighted by molar-refractivity contribution is 6.35. The summed E-state index contributed by atoms with van der Waals surface area (Å²) in [5.41, 5.74) is 3.34. The SMILES string of the molecule is Cc1cc(C)c(NC(=O)c2nc(Cl)ccc2Cl)c(C)n1. The third-order valence-electron chi connectivity index (χ3n) is 2.79. The third kappa shape index (κ3) is 3.08. The van der Waals surface area contributed by atoms with E-state index in [1.807, 2.05) is 26.8 Å². The summed E-state index contributed by atoms with van der Waals surface area (Å²) in [4.78, 5) is 20.5. The summed E-state index contributed by atoms with van der Waals surface area (Å²) in [5, 5.41) is 3.25. The highest BCUT2D eigenvalue weighted by Crippen LogP contribution is 2.22. The number of hydrogen-bond donors (Lipinski definition) is 1. The number of rotatable bonds is 2. The number of amides is 1. The van der Waals surface area contributed by atoms with E-state index in [4.69, 9.17) is 23.2 Å². The Kier molecular flexibility index (Phi) is 4.26. The van der Waals surface area contributed by atoms with E-state index in [0.717, 1.165) is 17.0 Å². The summed E-state index contributed by atoms with van der Waals surface area (Å²) in [6, 6.07) is 4.97. The average molecular weight is 310 g/mol. The molecular formula is C14H13Cl2N3O. The maximum atomic E-state index is 12.2. The Hall–Kier alpha value is -1.65. The Morgan fingerprint density at radius 2 is 1.85 bits per heavy atom. The Morgan fingerprint density at radius 3 is 2.50 bits per heavy atom. The summed E-state index contributed by atoms with van der Waals surface area (Å²) < 4.78 is 0. The van der Waals surface area contributed by atoms with E-state index < -0.39 is 5.91 Å². The van der Waals surface area contributed by atoms with Crippen molar-refractivity contribution in [3.8, 4) is 0 Å². The molecule has 0 unspecified atom stereocenters. The molecule has 0 saturated carbocycles. The van der Waals surface area contributed by atoms with Crippen LogP contribution in [0.4, 0.5) is 5.69 Å². The zero-order valence-electron chi connectivity index (χ0n) is 11.3. The molecule has 2 rings (SSSR count). The molecule has 0 aliphatic rings. The van der Waals surface area contributed by atoms with Crippen molar-refractivity contribution in [2.24, 2.45) is 0 Å². The van der Waals surface area contributed by atoms with Crippen LogP contribution >= 0.6 is 23.2 Å². The lowest BCUT2D eigenvalue weighted by Gasteiger charge is -2.12. The smallest absolute Gasteiger partial charge is 0.275 e. The Labute approximate surface area is 127 Å². The van der Waals surface area contributed by atoms with Gasteiger partial charge in [-0.25, -0.2) is 4.98 Å². The predicted octanol–water partition coefficient (Wildman–Crippen LogP) is 3.96.